The standard InChI is InChI=1S/C20H36O5/c1-15(22)8-7-9-16(23)11-12-18-17(19(24)14-20(18)25)10-5-3-2-4-6-13-21/h11-12,15-18,20-23,25H,2-10,13-14H2,1H3/t15?,16?,17-,18-,20-/m1/s1. The van der Waals surface area contributed by atoms with Gasteiger partial charge in [-0.25, -0.2) is 0 Å². The monoisotopic (exact) mass is 356 g/mol. The molecule has 0 amide bonds. The fraction of sp³-hybridized carbons (Fsp3) is 0.850. The predicted molar refractivity (Wildman–Crippen MR) is 98.1 cm³/mol. The van der Waals surface area contributed by atoms with Crippen LogP contribution in [0.15, 0.2) is 12.2 Å². The second-order valence-electron chi connectivity index (χ2n) is 7.43. The topological polar surface area (TPSA) is 98.0 Å². The maximum atomic E-state index is 12.1. The number of hydrogen-bond acceptors (Lipinski definition) is 5. The van der Waals surface area contributed by atoms with Gasteiger partial charge in [0.05, 0.1) is 18.3 Å². The largest absolute Gasteiger partial charge is 0.396 e. The van der Waals surface area contributed by atoms with E-state index in [1.165, 1.54) is 0 Å². The third-order valence-electron chi connectivity index (χ3n) is 5.08. The normalized spacial score (nSPS) is 26.4. The van der Waals surface area contributed by atoms with E-state index in [2.05, 4.69) is 0 Å². The Morgan fingerprint density at radius 1 is 1.08 bits per heavy atom. The highest BCUT2D eigenvalue weighted by Gasteiger charge is 2.39. The van der Waals surface area contributed by atoms with Gasteiger partial charge in [0, 0.05) is 24.9 Å². The second-order valence-corrected chi connectivity index (χ2v) is 7.43. The molecule has 1 aliphatic carbocycles. The molecule has 5 nitrogen and oxygen atoms in total. The molecule has 0 aliphatic heterocycles. The van der Waals surface area contributed by atoms with Crippen molar-refractivity contribution in [3.05, 3.63) is 12.2 Å². The molecule has 0 radical (unpaired) electrons. The van der Waals surface area contributed by atoms with Gasteiger partial charge >= 0.3 is 0 Å². The molecule has 0 aromatic rings. The van der Waals surface area contributed by atoms with Crippen LogP contribution in [-0.2, 0) is 4.79 Å². The summed E-state index contributed by atoms with van der Waals surface area (Å²) in [6.07, 6.45) is 9.79. The first-order chi connectivity index (χ1) is 12.0. The van der Waals surface area contributed by atoms with Crippen LogP contribution >= 0.6 is 0 Å². The molecule has 1 rings (SSSR count). The van der Waals surface area contributed by atoms with E-state index in [9.17, 15) is 20.1 Å². The van der Waals surface area contributed by atoms with Crippen molar-refractivity contribution in [2.24, 2.45) is 11.8 Å². The maximum Gasteiger partial charge on any atom is 0.139 e. The van der Waals surface area contributed by atoms with Crippen molar-refractivity contribution in [1.29, 1.82) is 0 Å². The van der Waals surface area contributed by atoms with Crippen molar-refractivity contribution in [2.75, 3.05) is 6.61 Å². The fourth-order valence-corrected chi connectivity index (χ4v) is 3.57. The zero-order valence-electron chi connectivity index (χ0n) is 15.5. The van der Waals surface area contributed by atoms with Crippen molar-refractivity contribution < 1.29 is 25.2 Å². The van der Waals surface area contributed by atoms with Crippen LogP contribution in [-0.4, -0.2) is 51.1 Å². The molecular weight excluding hydrogens is 320 g/mol. The molecule has 0 aromatic carbocycles. The molecule has 1 saturated carbocycles. The number of hydrogen-bond donors (Lipinski definition) is 4. The minimum absolute atomic E-state index is 0.126. The van der Waals surface area contributed by atoms with Crippen LogP contribution in [0.4, 0.5) is 0 Å². The lowest BCUT2D eigenvalue weighted by molar-refractivity contribution is -0.121. The molecule has 0 heterocycles. The molecule has 25 heavy (non-hydrogen) atoms. The van der Waals surface area contributed by atoms with Crippen molar-refractivity contribution in [2.45, 2.75) is 89.4 Å². The van der Waals surface area contributed by atoms with E-state index in [4.69, 9.17) is 5.11 Å². The maximum absolute atomic E-state index is 12.1. The van der Waals surface area contributed by atoms with Crippen LogP contribution in [0.3, 0.4) is 0 Å². The van der Waals surface area contributed by atoms with Crippen LogP contribution in [0, 0.1) is 11.8 Å². The molecule has 0 spiro atoms. The van der Waals surface area contributed by atoms with Crippen molar-refractivity contribution in [3.63, 3.8) is 0 Å². The Morgan fingerprint density at radius 3 is 2.44 bits per heavy atom. The zero-order valence-corrected chi connectivity index (χ0v) is 15.5. The predicted octanol–water partition coefficient (Wildman–Crippen LogP) is 2.35. The Balaban J connectivity index is 2.40. The summed E-state index contributed by atoms with van der Waals surface area (Å²) in [7, 11) is 0. The summed E-state index contributed by atoms with van der Waals surface area (Å²) in [6, 6.07) is 0. The van der Waals surface area contributed by atoms with E-state index < -0.39 is 12.2 Å². The van der Waals surface area contributed by atoms with Gasteiger partial charge in [-0.05, 0) is 39.0 Å². The van der Waals surface area contributed by atoms with Gasteiger partial charge in [-0.1, -0.05) is 37.8 Å². The van der Waals surface area contributed by atoms with Crippen LogP contribution in [0.25, 0.3) is 0 Å². The second kappa shape index (κ2) is 12.6. The Hall–Kier alpha value is -0.750. The van der Waals surface area contributed by atoms with E-state index >= 15 is 0 Å². The fourth-order valence-electron chi connectivity index (χ4n) is 3.57. The Morgan fingerprint density at radius 2 is 1.76 bits per heavy atom. The molecule has 0 aromatic heterocycles. The molecule has 2 unspecified atom stereocenters. The number of carbonyl (C=O) groups excluding carboxylic acids is 1. The van der Waals surface area contributed by atoms with Crippen LogP contribution in [0.5, 0.6) is 0 Å². The van der Waals surface area contributed by atoms with Crippen molar-refractivity contribution in [3.8, 4) is 0 Å². The smallest absolute Gasteiger partial charge is 0.139 e. The summed E-state index contributed by atoms with van der Waals surface area (Å²) in [5, 5.41) is 38.2. The number of aliphatic hydroxyl groups excluding tert-OH is 4. The summed E-state index contributed by atoms with van der Waals surface area (Å²) < 4.78 is 0. The molecular formula is C20H36O5. The number of Topliss-reactive ketones (excluding diaryl/α,β-unsaturated/α-hetero) is 1. The van der Waals surface area contributed by atoms with Crippen LogP contribution in [0.1, 0.15) is 71.1 Å². The van der Waals surface area contributed by atoms with Gasteiger partial charge in [0.2, 0.25) is 0 Å². The van der Waals surface area contributed by atoms with Gasteiger partial charge in [0.1, 0.15) is 5.78 Å². The van der Waals surface area contributed by atoms with E-state index in [0.29, 0.717) is 12.8 Å². The van der Waals surface area contributed by atoms with Crippen molar-refractivity contribution >= 4 is 5.78 Å². The number of carbonyl (C=O) groups is 1. The molecule has 4 N–H and O–H groups in total. The van der Waals surface area contributed by atoms with Gasteiger partial charge in [0.15, 0.2) is 0 Å². The van der Waals surface area contributed by atoms with Gasteiger partial charge in [0.25, 0.3) is 0 Å². The molecule has 1 fully saturated rings. The minimum Gasteiger partial charge on any atom is -0.396 e. The molecule has 5 atom stereocenters. The number of ketones is 1. The first-order valence-corrected chi connectivity index (χ1v) is 9.81. The molecule has 1 aliphatic rings. The third kappa shape index (κ3) is 8.95. The van der Waals surface area contributed by atoms with E-state index in [1.54, 1.807) is 13.0 Å². The minimum atomic E-state index is -0.646. The summed E-state index contributed by atoms with van der Waals surface area (Å²) >= 11 is 0. The van der Waals surface area contributed by atoms with Gasteiger partial charge < -0.3 is 20.4 Å². The SMILES string of the molecule is CC(O)CCCC(O)C=C[C@H]1[C@H](O)CC(=O)[C@@H]1CCCCCCCO. The highest BCUT2D eigenvalue weighted by molar-refractivity contribution is 5.84. The van der Waals surface area contributed by atoms with Gasteiger partial charge in [-0.3, -0.25) is 4.79 Å². The van der Waals surface area contributed by atoms with E-state index in [0.717, 1.165) is 44.9 Å². The zero-order chi connectivity index (χ0) is 18.7. The summed E-state index contributed by atoms with van der Waals surface area (Å²) in [5.74, 6) is -0.216. The number of aliphatic hydroxyl groups is 4. The molecule has 146 valence electrons. The summed E-state index contributed by atoms with van der Waals surface area (Å²) in [4.78, 5) is 12.1. The summed E-state index contributed by atoms with van der Waals surface area (Å²) in [5.41, 5.74) is 0. The quantitative estimate of drug-likeness (QED) is 0.300. The lowest BCUT2D eigenvalue weighted by Crippen LogP contribution is -2.19. The van der Waals surface area contributed by atoms with Crippen LogP contribution < -0.4 is 0 Å². The van der Waals surface area contributed by atoms with Crippen LogP contribution in [0.2, 0.25) is 0 Å². The number of rotatable bonds is 13. The average Bonchev–Trinajstić information content (AvgIpc) is 2.81. The average molecular weight is 357 g/mol. The van der Waals surface area contributed by atoms with E-state index in [1.807, 2.05) is 6.08 Å². The van der Waals surface area contributed by atoms with E-state index in [-0.39, 0.29) is 36.8 Å². The molecule has 0 saturated heterocycles. The Bertz CT molecular complexity index is 394. The highest BCUT2D eigenvalue weighted by Crippen LogP contribution is 2.34. The highest BCUT2D eigenvalue weighted by atomic mass is 16.3. The lowest BCUT2D eigenvalue weighted by Gasteiger charge is -2.18. The molecule has 0 bridgehead atoms. The first kappa shape index (κ1) is 22.3. The summed E-state index contributed by atoms with van der Waals surface area (Å²) in [6.45, 7) is 1.97. The Labute approximate surface area is 151 Å². The van der Waals surface area contributed by atoms with Gasteiger partial charge in [-0.15, -0.1) is 0 Å². The van der Waals surface area contributed by atoms with Gasteiger partial charge in [-0.2, -0.15) is 0 Å². The Kier molecular flexibility index (Phi) is 11.2. The van der Waals surface area contributed by atoms with Crippen molar-refractivity contribution in [1.82, 2.24) is 0 Å². The third-order valence-corrected chi connectivity index (χ3v) is 5.08. The number of unbranched alkanes of at least 4 members (excludes halogenated alkanes) is 4. The lowest BCUT2D eigenvalue weighted by atomic mass is 9.88. The molecule has 5 heteroatoms. The first-order valence-electron chi connectivity index (χ1n) is 9.81.